The molecule has 3 N–H and O–H groups in total. The van der Waals surface area contributed by atoms with Crippen LogP contribution in [-0.2, 0) is 6.54 Å². The lowest BCUT2D eigenvalue weighted by Crippen LogP contribution is -2.39. The predicted octanol–water partition coefficient (Wildman–Crippen LogP) is 2.23. The number of rotatable bonds is 6. The van der Waals surface area contributed by atoms with Gasteiger partial charge in [-0.25, -0.2) is 0 Å². The van der Waals surface area contributed by atoms with E-state index in [4.69, 9.17) is 5.84 Å². The van der Waals surface area contributed by atoms with Gasteiger partial charge in [0, 0.05) is 12.7 Å². The molecular formula is C12H24N4. The Kier molecular flexibility index (Phi) is 4.50. The van der Waals surface area contributed by atoms with E-state index in [1.807, 2.05) is 10.9 Å². The maximum Gasteiger partial charge on any atom is 0.0679 e. The number of nitrogens with one attached hydrogen (secondary N) is 1. The summed E-state index contributed by atoms with van der Waals surface area (Å²) in [7, 11) is 0. The standard InChI is InChI=1S/C12H24N4/c1-5-9-16-10(7-8-14-16)11(15-13)12(3,4)6-2/h7-8,11,15H,5-6,9,13H2,1-4H3. The summed E-state index contributed by atoms with van der Waals surface area (Å²) >= 11 is 0. The van der Waals surface area contributed by atoms with Crippen LogP contribution < -0.4 is 11.3 Å². The summed E-state index contributed by atoms with van der Waals surface area (Å²) in [5.74, 6) is 5.70. The van der Waals surface area contributed by atoms with E-state index >= 15 is 0 Å². The van der Waals surface area contributed by atoms with Gasteiger partial charge in [-0.3, -0.25) is 16.0 Å². The molecule has 4 nitrogen and oxygen atoms in total. The third-order valence-corrected chi connectivity index (χ3v) is 3.34. The van der Waals surface area contributed by atoms with Gasteiger partial charge in [0.05, 0.1) is 11.7 Å². The third-order valence-electron chi connectivity index (χ3n) is 3.34. The highest BCUT2D eigenvalue weighted by Gasteiger charge is 2.30. The van der Waals surface area contributed by atoms with Gasteiger partial charge in [-0.05, 0) is 24.3 Å². The van der Waals surface area contributed by atoms with Gasteiger partial charge in [0.1, 0.15) is 0 Å². The summed E-state index contributed by atoms with van der Waals surface area (Å²) in [6.45, 7) is 9.73. The second-order valence-electron chi connectivity index (χ2n) is 4.92. The highest BCUT2D eigenvalue weighted by Crippen LogP contribution is 2.35. The molecule has 0 saturated carbocycles. The molecule has 0 aliphatic rings. The van der Waals surface area contributed by atoms with E-state index in [0.29, 0.717) is 0 Å². The van der Waals surface area contributed by atoms with Gasteiger partial charge in [-0.15, -0.1) is 0 Å². The molecule has 0 saturated heterocycles. The van der Waals surface area contributed by atoms with E-state index in [-0.39, 0.29) is 11.5 Å². The van der Waals surface area contributed by atoms with Crippen molar-refractivity contribution in [1.29, 1.82) is 0 Å². The van der Waals surface area contributed by atoms with Gasteiger partial charge >= 0.3 is 0 Å². The van der Waals surface area contributed by atoms with Crippen LogP contribution in [0.25, 0.3) is 0 Å². The minimum atomic E-state index is 0.125. The van der Waals surface area contributed by atoms with Gasteiger partial charge in [0.25, 0.3) is 0 Å². The van der Waals surface area contributed by atoms with Crippen molar-refractivity contribution in [1.82, 2.24) is 15.2 Å². The van der Waals surface area contributed by atoms with E-state index in [1.54, 1.807) is 0 Å². The lowest BCUT2D eigenvalue weighted by Gasteiger charge is -2.33. The number of nitrogens with two attached hydrogens (primary N) is 1. The van der Waals surface area contributed by atoms with Gasteiger partial charge in [-0.2, -0.15) is 5.10 Å². The van der Waals surface area contributed by atoms with Crippen molar-refractivity contribution in [2.75, 3.05) is 0 Å². The van der Waals surface area contributed by atoms with Crippen LogP contribution in [0.2, 0.25) is 0 Å². The Morgan fingerprint density at radius 3 is 2.69 bits per heavy atom. The van der Waals surface area contributed by atoms with Gasteiger partial charge in [-0.1, -0.05) is 27.7 Å². The molecule has 1 heterocycles. The van der Waals surface area contributed by atoms with Crippen LogP contribution in [0, 0.1) is 5.41 Å². The lowest BCUT2D eigenvalue weighted by molar-refractivity contribution is 0.224. The molecule has 92 valence electrons. The monoisotopic (exact) mass is 224 g/mol. The van der Waals surface area contributed by atoms with Crippen LogP contribution in [-0.4, -0.2) is 9.78 Å². The Morgan fingerprint density at radius 1 is 1.50 bits per heavy atom. The highest BCUT2D eigenvalue weighted by atomic mass is 15.3. The first kappa shape index (κ1) is 13.2. The average molecular weight is 224 g/mol. The Morgan fingerprint density at radius 2 is 2.19 bits per heavy atom. The third kappa shape index (κ3) is 2.62. The van der Waals surface area contributed by atoms with Crippen molar-refractivity contribution in [2.24, 2.45) is 11.3 Å². The van der Waals surface area contributed by atoms with Crippen molar-refractivity contribution in [3.8, 4) is 0 Å². The molecule has 0 fully saturated rings. The molecule has 1 atom stereocenters. The van der Waals surface area contributed by atoms with Crippen LogP contribution in [0.1, 0.15) is 52.3 Å². The largest absolute Gasteiger partial charge is 0.271 e. The fourth-order valence-electron chi connectivity index (χ4n) is 1.90. The summed E-state index contributed by atoms with van der Waals surface area (Å²) in [5.41, 5.74) is 4.24. The average Bonchev–Trinajstić information content (AvgIpc) is 2.68. The molecule has 0 aromatic carbocycles. The number of aryl methyl sites for hydroxylation is 1. The van der Waals surface area contributed by atoms with Crippen LogP contribution in [0.4, 0.5) is 0 Å². The van der Waals surface area contributed by atoms with Crippen molar-refractivity contribution in [2.45, 2.75) is 53.1 Å². The molecule has 1 aromatic heterocycles. The topological polar surface area (TPSA) is 55.9 Å². The first-order chi connectivity index (χ1) is 7.56. The van der Waals surface area contributed by atoms with Crippen molar-refractivity contribution in [3.63, 3.8) is 0 Å². The second-order valence-corrected chi connectivity index (χ2v) is 4.92. The zero-order chi connectivity index (χ0) is 12.2. The Labute approximate surface area is 98.2 Å². The van der Waals surface area contributed by atoms with E-state index in [2.05, 4.69) is 44.3 Å². The molecule has 1 unspecified atom stereocenters. The molecule has 4 heteroatoms. The summed E-state index contributed by atoms with van der Waals surface area (Å²) in [4.78, 5) is 0. The second kappa shape index (κ2) is 5.46. The number of hydrogen-bond acceptors (Lipinski definition) is 3. The van der Waals surface area contributed by atoms with E-state index in [1.165, 1.54) is 5.69 Å². The van der Waals surface area contributed by atoms with Gasteiger partial charge < -0.3 is 0 Å². The van der Waals surface area contributed by atoms with Gasteiger partial charge in [0.15, 0.2) is 0 Å². The predicted molar refractivity (Wildman–Crippen MR) is 66.7 cm³/mol. The highest BCUT2D eigenvalue weighted by molar-refractivity contribution is 5.10. The maximum absolute atomic E-state index is 5.70. The Balaban J connectivity index is 2.99. The fraction of sp³-hybridized carbons (Fsp3) is 0.750. The van der Waals surface area contributed by atoms with Crippen molar-refractivity contribution < 1.29 is 0 Å². The molecular weight excluding hydrogens is 200 g/mol. The van der Waals surface area contributed by atoms with Crippen LogP contribution >= 0.6 is 0 Å². The van der Waals surface area contributed by atoms with Crippen LogP contribution in [0.3, 0.4) is 0 Å². The zero-order valence-electron chi connectivity index (χ0n) is 10.8. The molecule has 0 bridgehead atoms. The molecule has 16 heavy (non-hydrogen) atoms. The first-order valence-corrected chi connectivity index (χ1v) is 6.04. The summed E-state index contributed by atoms with van der Waals surface area (Å²) in [6.07, 6.45) is 4.00. The molecule has 1 aromatic rings. The Hall–Kier alpha value is -0.870. The smallest absolute Gasteiger partial charge is 0.0679 e. The summed E-state index contributed by atoms with van der Waals surface area (Å²) in [5, 5.41) is 4.34. The van der Waals surface area contributed by atoms with Crippen molar-refractivity contribution in [3.05, 3.63) is 18.0 Å². The molecule has 0 radical (unpaired) electrons. The Bertz CT molecular complexity index is 317. The van der Waals surface area contributed by atoms with Crippen LogP contribution in [0.5, 0.6) is 0 Å². The number of hydrazine groups is 1. The first-order valence-electron chi connectivity index (χ1n) is 6.04. The van der Waals surface area contributed by atoms with E-state index < -0.39 is 0 Å². The minimum absolute atomic E-state index is 0.125. The molecule has 0 aliphatic carbocycles. The summed E-state index contributed by atoms with van der Waals surface area (Å²) in [6, 6.07) is 2.20. The summed E-state index contributed by atoms with van der Waals surface area (Å²) < 4.78 is 2.04. The lowest BCUT2D eigenvalue weighted by atomic mass is 9.80. The number of hydrogen-bond donors (Lipinski definition) is 2. The quantitative estimate of drug-likeness (QED) is 0.575. The van der Waals surface area contributed by atoms with Crippen molar-refractivity contribution >= 4 is 0 Å². The van der Waals surface area contributed by atoms with Crippen LogP contribution in [0.15, 0.2) is 12.3 Å². The minimum Gasteiger partial charge on any atom is -0.271 e. The van der Waals surface area contributed by atoms with E-state index in [0.717, 1.165) is 19.4 Å². The molecule has 0 amide bonds. The maximum atomic E-state index is 5.70. The fourth-order valence-corrected chi connectivity index (χ4v) is 1.90. The number of nitrogens with zero attached hydrogens (tertiary/aromatic N) is 2. The SMILES string of the molecule is CCCn1nccc1C(NN)C(C)(C)CC. The molecule has 1 rings (SSSR count). The number of aromatic nitrogens is 2. The van der Waals surface area contributed by atoms with Gasteiger partial charge in [0.2, 0.25) is 0 Å². The van der Waals surface area contributed by atoms with E-state index in [9.17, 15) is 0 Å². The normalized spacial score (nSPS) is 14.1. The molecule has 0 aliphatic heterocycles. The zero-order valence-corrected chi connectivity index (χ0v) is 10.8. The molecule has 0 spiro atoms.